The first kappa shape index (κ1) is 14.9. The summed E-state index contributed by atoms with van der Waals surface area (Å²) in [4.78, 5) is 23.3. The number of aromatic nitrogens is 1. The highest BCUT2D eigenvalue weighted by Gasteiger charge is 2.14. The quantitative estimate of drug-likeness (QED) is 0.882. The van der Waals surface area contributed by atoms with Crippen molar-refractivity contribution in [3.05, 3.63) is 69.9 Å². The summed E-state index contributed by atoms with van der Waals surface area (Å²) >= 11 is 0. The molecule has 6 heteroatoms. The zero-order valence-corrected chi connectivity index (χ0v) is 11.4. The molecule has 1 atom stereocenters. The van der Waals surface area contributed by atoms with E-state index in [2.05, 4.69) is 5.32 Å². The van der Waals surface area contributed by atoms with E-state index in [-0.39, 0.29) is 23.2 Å². The van der Waals surface area contributed by atoms with Crippen LogP contribution in [0.4, 0.5) is 4.39 Å². The Morgan fingerprint density at radius 1 is 1.38 bits per heavy atom. The van der Waals surface area contributed by atoms with Gasteiger partial charge in [0.25, 0.3) is 11.5 Å². The van der Waals surface area contributed by atoms with Crippen LogP contribution in [-0.2, 0) is 7.05 Å². The molecule has 0 aliphatic carbocycles. The predicted molar refractivity (Wildman–Crippen MR) is 75.4 cm³/mol. The molecule has 5 nitrogen and oxygen atoms in total. The van der Waals surface area contributed by atoms with Gasteiger partial charge in [0.15, 0.2) is 0 Å². The lowest BCUT2D eigenvalue weighted by Crippen LogP contribution is -2.30. The van der Waals surface area contributed by atoms with Crippen LogP contribution in [0.1, 0.15) is 22.0 Å². The second-order valence-corrected chi connectivity index (χ2v) is 4.61. The molecule has 0 fully saturated rings. The van der Waals surface area contributed by atoms with Gasteiger partial charge in [-0.1, -0.05) is 18.2 Å². The van der Waals surface area contributed by atoms with Crippen LogP contribution in [0.3, 0.4) is 0 Å². The van der Waals surface area contributed by atoms with Gasteiger partial charge < -0.3 is 15.0 Å². The zero-order valence-electron chi connectivity index (χ0n) is 11.4. The van der Waals surface area contributed by atoms with Gasteiger partial charge in [0, 0.05) is 37.0 Å². The van der Waals surface area contributed by atoms with Crippen LogP contribution >= 0.6 is 0 Å². The maximum absolute atomic E-state index is 13.5. The van der Waals surface area contributed by atoms with E-state index in [4.69, 9.17) is 0 Å². The molecule has 1 unspecified atom stereocenters. The van der Waals surface area contributed by atoms with Crippen molar-refractivity contribution in [1.29, 1.82) is 0 Å². The lowest BCUT2D eigenvalue weighted by Gasteiger charge is -2.13. The van der Waals surface area contributed by atoms with E-state index in [1.165, 1.54) is 41.1 Å². The summed E-state index contributed by atoms with van der Waals surface area (Å²) in [7, 11) is 1.58. The zero-order chi connectivity index (χ0) is 15.4. The Labute approximate surface area is 120 Å². The molecule has 2 rings (SSSR count). The van der Waals surface area contributed by atoms with E-state index in [1.54, 1.807) is 13.1 Å². The summed E-state index contributed by atoms with van der Waals surface area (Å²) in [5, 5.41) is 12.3. The fourth-order valence-electron chi connectivity index (χ4n) is 1.84. The smallest absolute Gasteiger partial charge is 0.251 e. The molecule has 0 saturated heterocycles. The van der Waals surface area contributed by atoms with Gasteiger partial charge in [0.2, 0.25) is 0 Å². The summed E-state index contributed by atoms with van der Waals surface area (Å²) in [6.07, 6.45) is 0.326. The minimum atomic E-state index is -1.15. The summed E-state index contributed by atoms with van der Waals surface area (Å²) in [6, 6.07) is 8.50. The molecule has 0 spiro atoms. The van der Waals surface area contributed by atoms with E-state index in [9.17, 15) is 19.1 Å². The average Bonchev–Trinajstić information content (AvgIpc) is 2.47. The molecule has 21 heavy (non-hydrogen) atoms. The molecular weight excluding hydrogens is 275 g/mol. The van der Waals surface area contributed by atoms with Crippen molar-refractivity contribution in [2.45, 2.75) is 6.10 Å². The number of hydrogen-bond acceptors (Lipinski definition) is 3. The van der Waals surface area contributed by atoms with Crippen LogP contribution < -0.4 is 10.9 Å². The van der Waals surface area contributed by atoms with Crippen LogP contribution in [0.2, 0.25) is 0 Å². The number of rotatable bonds is 4. The van der Waals surface area contributed by atoms with Crippen molar-refractivity contribution in [2.75, 3.05) is 6.54 Å². The molecule has 1 heterocycles. The highest BCUT2D eigenvalue weighted by Crippen LogP contribution is 2.15. The third-order valence-electron chi connectivity index (χ3n) is 3.09. The van der Waals surface area contributed by atoms with Crippen LogP contribution in [0.15, 0.2) is 47.4 Å². The molecule has 0 aliphatic heterocycles. The molecule has 2 N–H and O–H groups in total. The normalized spacial score (nSPS) is 12.0. The predicted octanol–water partition coefficient (Wildman–Crippen LogP) is 0.988. The number of pyridine rings is 1. The molecule has 1 aromatic carbocycles. The van der Waals surface area contributed by atoms with Crippen molar-refractivity contribution in [3.63, 3.8) is 0 Å². The van der Waals surface area contributed by atoms with Gasteiger partial charge >= 0.3 is 0 Å². The molecule has 110 valence electrons. The number of benzene rings is 1. The maximum atomic E-state index is 13.5. The number of aryl methyl sites for hydroxylation is 1. The topological polar surface area (TPSA) is 71.3 Å². The first-order chi connectivity index (χ1) is 9.99. The Kier molecular flexibility index (Phi) is 4.49. The second-order valence-electron chi connectivity index (χ2n) is 4.61. The maximum Gasteiger partial charge on any atom is 0.251 e. The number of nitrogens with one attached hydrogen (secondary N) is 1. The standard InChI is InChI=1S/C15H15FN2O3/c1-18-7-6-10(8-14(18)20)15(21)17-9-13(19)11-4-2-3-5-12(11)16/h2-8,13,19H,9H2,1H3,(H,17,21). The van der Waals surface area contributed by atoms with E-state index in [0.717, 1.165) is 0 Å². The van der Waals surface area contributed by atoms with Gasteiger partial charge in [0.05, 0.1) is 6.10 Å². The van der Waals surface area contributed by atoms with Crippen molar-refractivity contribution in [2.24, 2.45) is 7.05 Å². The Morgan fingerprint density at radius 2 is 2.10 bits per heavy atom. The molecule has 1 amide bonds. The first-order valence-electron chi connectivity index (χ1n) is 6.36. The van der Waals surface area contributed by atoms with Crippen LogP contribution in [0, 0.1) is 5.82 Å². The molecule has 0 bridgehead atoms. The monoisotopic (exact) mass is 290 g/mol. The highest BCUT2D eigenvalue weighted by atomic mass is 19.1. The summed E-state index contributed by atoms with van der Waals surface area (Å²) < 4.78 is 14.8. The van der Waals surface area contributed by atoms with Crippen molar-refractivity contribution in [3.8, 4) is 0 Å². The molecule has 0 radical (unpaired) electrons. The summed E-state index contributed by atoms with van der Waals surface area (Å²) in [5.41, 5.74) is -0.00193. The number of nitrogens with zero attached hydrogens (tertiary/aromatic N) is 1. The van der Waals surface area contributed by atoms with Crippen LogP contribution in [0.5, 0.6) is 0 Å². The molecular formula is C15H15FN2O3. The SMILES string of the molecule is Cn1ccc(C(=O)NCC(O)c2ccccc2F)cc1=O. The van der Waals surface area contributed by atoms with Gasteiger partial charge in [-0.25, -0.2) is 4.39 Å². The highest BCUT2D eigenvalue weighted by molar-refractivity contribution is 5.93. The van der Waals surface area contributed by atoms with Gasteiger partial charge in [-0.2, -0.15) is 0 Å². The van der Waals surface area contributed by atoms with E-state index in [0.29, 0.717) is 0 Å². The molecule has 0 saturated carbocycles. The van der Waals surface area contributed by atoms with Crippen molar-refractivity contribution in [1.82, 2.24) is 9.88 Å². The fraction of sp³-hybridized carbons (Fsp3) is 0.200. The van der Waals surface area contributed by atoms with E-state index < -0.39 is 17.8 Å². The third kappa shape index (κ3) is 3.55. The summed E-state index contributed by atoms with van der Waals surface area (Å²) in [6.45, 7) is -0.144. The number of amides is 1. The van der Waals surface area contributed by atoms with Gasteiger partial charge in [-0.15, -0.1) is 0 Å². The number of carbonyl (C=O) groups excluding carboxylic acids is 1. The van der Waals surface area contributed by atoms with Gasteiger partial charge in [-0.3, -0.25) is 9.59 Å². The summed E-state index contributed by atoms with van der Waals surface area (Å²) in [5.74, 6) is -1.03. The average molecular weight is 290 g/mol. The molecule has 2 aromatic rings. The lowest BCUT2D eigenvalue weighted by molar-refractivity contribution is 0.0914. The number of aliphatic hydroxyl groups is 1. The van der Waals surface area contributed by atoms with Gasteiger partial charge in [0.1, 0.15) is 5.82 Å². The molecule has 0 aliphatic rings. The minimum absolute atomic E-state index is 0.113. The van der Waals surface area contributed by atoms with Crippen LogP contribution in [0.25, 0.3) is 0 Å². The Morgan fingerprint density at radius 3 is 2.76 bits per heavy atom. The van der Waals surface area contributed by atoms with E-state index in [1.807, 2.05) is 0 Å². The van der Waals surface area contributed by atoms with Crippen LogP contribution in [-0.4, -0.2) is 22.1 Å². The van der Waals surface area contributed by atoms with Crippen molar-refractivity contribution >= 4 is 5.91 Å². The fourth-order valence-corrected chi connectivity index (χ4v) is 1.84. The lowest BCUT2D eigenvalue weighted by atomic mass is 10.1. The number of carbonyl (C=O) groups is 1. The minimum Gasteiger partial charge on any atom is -0.386 e. The Hall–Kier alpha value is -2.47. The Bertz CT molecular complexity index is 712. The van der Waals surface area contributed by atoms with Gasteiger partial charge in [-0.05, 0) is 12.1 Å². The van der Waals surface area contributed by atoms with E-state index >= 15 is 0 Å². The number of halogens is 1. The third-order valence-corrected chi connectivity index (χ3v) is 3.09. The second kappa shape index (κ2) is 6.32. The first-order valence-corrected chi connectivity index (χ1v) is 6.36. The number of hydrogen-bond donors (Lipinski definition) is 2. The Balaban J connectivity index is 2.02. The van der Waals surface area contributed by atoms with Crippen molar-refractivity contribution < 1.29 is 14.3 Å². The largest absolute Gasteiger partial charge is 0.386 e. The molecule has 1 aromatic heterocycles. The number of aliphatic hydroxyl groups excluding tert-OH is 1.